The van der Waals surface area contributed by atoms with Crippen LogP contribution < -0.4 is 4.74 Å². The minimum absolute atomic E-state index is 0.111. The van der Waals surface area contributed by atoms with Gasteiger partial charge in [-0.1, -0.05) is 62.4 Å². The van der Waals surface area contributed by atoms with Crippen molar-refractivity contribution in [3.63, 3.8) is 0 Å². The second-order valence-electron chi connectivity index (χ2n) is 8.55. The number of aromatic nitrogens is 1. The van der Waals surface area contributed by atoms with Crippen molar-refractivity contribution in [1.82, 2.24) is 9.88 Å². The molecule has 0 saturated carbocycles. The highest BCUT2D eigenvalue weighted by Gasteiger charge is 2.18. The summed E-state index contributed by atoms with van der Waals surface area (Å²) in [6.07, 6.45) is 2.09. The lowest BCUT2D eigenvalue weighted by Gasteiger charge is -2.23. The Kier molecular flexibility index (Phi) is 7.86. The molecule has 164 valence electrons. The minimum Gasteiger partial charge on any atom is -0.491 e. The van der Waals surface area contributed by atoms with Gasteiger partial charge in [0.15, 0.2) is 0 Å². The van der Waals surface area contributed by atoms with Crippen LogP contribution in [0.5, 0.6) is 5.75 Å². The van der Waals surface area contributed by atoms with Gasteiger partial charge in [0.1, 0.15) is 5.75 Å². The van der Waals surface area contributed by atoms with Crippen LogP contribution in [0.3, 0.4) is 0 Å². The molecule has 3 heteroatoms. The van der Waals surface area contributed by atoms with Crippen molar-refractivity contribution in [3.8, 4) is 17.0 Å². The Morgan fingerprint density at radius 3 is 2.13 bits per heavy atom. The molecular formula is C28H36N2O. The van der Waals surface area contributed by atoms with E-state index in [-0.39, 0.29) is 6.10 Å². The highest BCUT2D eigenvalue weighted by molar-refractivity contribution is 5.70. The van der Waals surface area contributed by atoms with E-state index in [2.05, 4.69) is 101 Å². The SMILES string of the molecule is CCc1cccc(CC)c1-c1cc(OC(C)C)c(CN(C)Cc2ccccc2)c(C)n1. The second-order valence-corrected chi connectivity index (χ2v) is 8.55. The van der Waals surface area contributed by atoms with Gasteiger partial charge in [0.25, 0.3) is 0 Å². The molecule has 0 aliphatic heterocycles. The van der Waals surface area contributed by atoms with Gasteiger partial charge in [0.05, 0.1) is 11.8 Å². The molecule has 0 bridgehead atoms. The van der Waals surface area contributed by atoms with E-state index in [9.17, 15) is 0 Å². The van der Waals surface area contributed by atoms with Crippen LogP contribution in [0.2, 0.25) is 0 Å². The normalized spacial score (nSPS) is 11.4. The van der Waals surface area contributed by atoms with Gasteiger partial charge >= 0.3 is 0 Å². The zero-order valence-corrected chi connectivity index (χ0v) is 19.9. The first-order chi connectivity index (χ1) is 14.9. The third kappa shape index (κ3) is 5.74. The maximum atomic E-state index is 6.32. The average molecular weight is 417 g/mol. The lowest BCUT2D eigenvalue weighted by molar-refractivity contribution is 0.232. The molecule has 0 N–H and O–H groups in total. The van der Waals surface area contributed by atoms with Gasteiger partial charge in [0.2, 0.25) is 0 Å². The molecule has 0 spiro atoms. The van der Waals surface area contributed by atoms with Gasteiger partial charge in [-0.25, -0.2) is 0 Å². The van der Waals surface area contributed by atoms with Crippen LogP contribution in [0.4, 0.5) is 0 Å². The first kappa shape index (κ1) is 23.0. The Hall–Kier alpha value is -2.65. The standard InChI is InChI=1S/C28H36N2O/c1-7-23-15-12-16-24(8-2)28(23)26-17-27(31-20(3)4)25(21(5)29-26)19-30(6)18-22-13-10-9-11-14-22/h9-17,20H,7-8,18-19H2,1-6H3. The fourth-order valence-electron chi connectivity index (χ4n) is 4.14. The molecule has 0 radical (unpaired) electrons. The average Bonchev–Trinajstić information content (AvgIpc) is 2.75. The molecule has 1 heterocycles. The molecule has 2 aromatic carbocycles. The maximum Gasteiger partial charge on any atom is 0.128 e. The van der Waals surface area contributed by atoms with Crippen LogP contribution in [0.25, 0.3) is 11.3 Å². The Labute approximate surface area is 188 Å². The summed E-state index contributed by atoms with van der Waals surface area (Å²) in [6.45, 7) is 12.4. The summed E-state index contributed by atoms with van der Waals surface area (Å²) < 4.78 is 6.32. The number of hydrogen-bond acceptors (Lipinski definition) is 3. The summed E-state index contributed by atoms with van der Waals surface area (Å²) in [5.41, 5.74) is 8.50. The molecule has 0 unspecified atom stereocenters. The largest absolute Gasteiger partial charge is 0.491 e. The molecule has 0 saturated heterocycles. The van der Waals surface area contributed by atoms with Crippen LogP contribution in [-0.2, 0) is 25.9 Å². The lowest BCUT2D eigenvalue weighted by Crippen LogP contribution is -2.20. The molecule has 0 fully saturated rings. The van der Waals surface area contributed by atoms with E-state index in [4.69, 9.17) is 9.72 Å². The summed E-state index contributed by atoms with van der Waals surface area (Å²) in [5, 5.41) is 0. The summed E-state index contributed by atoms with van der Waals surface area (Å²) in [7, 11) is 2.15. The Bertz CT molecular complexity index is 973. The molecule has 0 amide bonds. The topological polar surface area (TPSA) is 25.4 Å². The molecule has 1 aromatic heterocycles. The first-order valence-electron chi connectivity index (χ1n) is 11.4. The van der Waals surface area contributed by atoms with Crippen molar-refractivity contribution in [2.75, 3.05) is 7.05 Å². The summed E-state index contributed by atoms with van der Waals surface area (Å²) in [4.78, 5) is 7.41. The van der Waals surface area contributed by atoms with Crippen molar-refractivity contribution >= 4 is 0 Å². The number of pyridine rings is 1. The number of aryl methyl sites for hydroxylation is 3. The lowest BCUT2D eigenvalue weighted by atomic mass is 9.94. The van der Waals surface area contributed by atoms with Gasteiger partial charge in [-0.15, -0.1) is 0 Å². The van der Waals surface area contributed by atoms with Crippen LogP contribution in [0, 0.1) is 6.92 Å². The quantitative estimate of drug-likeness (QED) is 0.393. The molecule has 31 heavy (non-hydrogen) atoms. The van der Waals surface area contributed by atoms with Crippen molar-refractivity contribution in [3.05, 3.63) is 82.5 Å². The Balaban J connectivity index is 2.00. The predicted molar refractivity (Wildman–Crippen MR) is 131 cm³/mol. The first-order valence-corrected chi connectivity index (χ1v) is 11.4. The molecule has 0 aliphatic carbocycles. The third-order valence-electron chi connectivity index (χ3n) is 5.63. The molecule has 3 rings (SSSR count). The van der Waals surface area contributed by atoms with Crippen LogP contribution >= 0.6 is 0 Å². The van der Waals surface area contributed by atoms with E-state index in [1.165, 1.54) is 27.8 Å². The highest BCUT2D eigenvalue weighted by Crippen LogP contribution is 2.34. The van der Waals surface area contributed by atoms with Crippen LogP contribution in [0.15, 0.2) is 54.6 Å². The summed E-state index contributed by atoms with van der Waals surface area (Å²) in [6, 6.07) is 19.3. The number of hydrogen-bond donors (Lipinski definition) is 0. The second kappa shape index (κ2) is 10.6. The number of ether oxygens (including phenoxy) is 1. The fourth-order valence-corrected chi connectivity index (χ4v) is 4.14. The zero-order chi connectivity index (χ0) is 22.4. The van der Waals surface area contributed by atoms with Gasteiger partial charge < -0.3 is 4.74 Å². The highest BCUT2D eigenvalue weighted by atomic mass is 16.5. The predicted octanol–water partition coefficient (Wildman–Crippen LogP) is 6.60. The van der Waals surface area contributed by atoms with Gasteiger partial charge in [-0.05, 0) is 57.4 Å². The number of benzene rings is 2. The molecule has 3 aromatic rings. The van der Waals surface area contributed by atoms with E-state index >= 15 is 0 Å². The van der Waals surface area contributed by atoms with Crippen molar-refractivity contribution < 1.29 is 4.74 Å². The van der Waals surface area contributed by atoms with E-state index in [0.29, 0.717) is 0 Å². The van der Waals surface area contributed by atoms with E-state index in [1.807, 2.05) is 0 Å². The molecule has 0 aliphatic rings. The van der Waals surface area contributed by atoms with E-state index in [0.717, 1.165) is 43.1 Å². The Morgan fingerprint density at radius 2 is 1.55 bits per heavy atom. The van der Waals surface area contributed by atoms with Crippen LogP contribution in [-0.4, -0.2) is 23.0 Å². The minimum atomic E-state index is 0.111. The Morgan fingerprint density at radius 1 is 0.903 bits per heavy atom. The number of nitrogens with zero attached hydrogens (tertiary/aromatic N) is 2. The number of rotatable bonds is 9. The van der Waals surface area contributed by atoms with E-state index in [1.54, 1.807) is 0 Å². The van der Waals surface area contributed by atoms with Gasteiger partial charge in [-0.3, -0.25) is 9.88 Å². The van der Waals surface area contributed by atoms with E-state index < -0.39 is 0 Å². The summed E-state index contributed by atoms with van der Waals surface area (Å²) >= 11 is 0. The van der Waals surface area contributed by atoms with Crippen molar-refractivity contribution in [1.29, 1.82) is 0 Å². The van der Waals surface area contributed by atoms with Crippen molar-refractivity contribution in [2.24, 2.45) is 0 Å². The molecular weight excluding hydrogens is 380 g/mol. The smallest absolute Gasteiger partial charge is 0.128 e. The fraction of sp³-hybridized carbons (Fsp3) is 0.393. The third-order valence-corrected chi connectivity index (χ3v) is 5.63. The van der Waals surface area contributed by atoms with Crippen LogP contribution in [0.1, 0.15) is 55.6 Å². The zero-order valence-electron chi connectivity index (χ0n) is 19.9. The molecule has 0 atom stereocenters. The van der Waals surface area contributed by atoms with Crippen molar-refractivity contribution in [2.45, 2.75) is 66.7 Å². The molecule has 3 nitrogen and oxygen atoms in total. The maximum absolute atomic E-state index is 6.32. The summed E-state index contributed by atoms with van der Waals surface area (Å²) in [5.74, 6) is 0.949. The van der Waals surface area contributed by atoms with Gasteiger partial charge in [0, 0.05) is 36.0 Å². The monoisotopic (exact) mass is 416 g/mol. The van der Waals surface area contributed by atoms with Gasteiger partial charge in [-0.2, -0.15) is 0 Å².